The van der Waals surface area contributed by atoms with Crippen LogP contribution in [-0.4, -0.2) is 29.2 Å². The third-order valence-corrected chi connectivity index (χ3v) is 2.37. The lowest BCUT2D eigenvalue weighted by atomic mass is 10.2. The molecule has 64 valence electrons. The van der Waals surface area contributed by atoms with Crippen molar-refractivity contribution >= 4 is 0 Å². The predicted octanol–water partition coefficient (Wildman–Crippen LogP) is 0.663. The molecule has 1 unspecified atom stereocenters. The van der Waals surface area contributed by atoms with Crippen molar-refractivity contribution in [3.63, 3.8) is 0 Å². The SMILES string of the molecule is CC1(C)OC(CO)C2(CC2)O1. The fourth-order valence-corrected chi connectivity index (χ4v) is 1.78. The zero-order valence-corrected chi connectivity index (χ0v) is 6.96. The van der Waals surface area contributed by atoms with Crippen molar-refractivity contribution in [1.29, 1.82) is 0 Å². The van der Waals surface area contributed by atoms with Gasteiger partial charge in [-0.05, 0) is 26.7 Å². The lowest BCUT2D eigenvalue weighted by Crippen LogP contribution is -2.27. The highest BCUT2D eigenvalue weighted by molar-refractivity contribution is 5.06. The molecule has 1 aliphatic carbocycles. The molecule has 3 nitrogen and oxygen atoms in total. The molecule has 2 rings (SSSR count). The molecule has 0 aromatic heterocycles. The fraction of sp³-hybridized carbons (Fsp3) is 1.00. The van der Waals surface area contributed by atoms with E-state index in [4.69, 9.17) is 14.6 Å². The quantitative estimate of drug-likeness (QED) is 0.609. The van der Waals surface area contributed by atoms with Crippen LogP contribution in [0.4, 0.5) is 0 Å². The number of hydrogen-bond acceptors (Lipinski definition) is 3. The van der Waals surface area contributed by atoms with Crippen LogP contribution in [0.25, 0.3) is 0 Å². The molecule has 0 amide bonds. The molecule has 1 spiro atoms. The van der Waals surface area contributed by atoms with E-state index in [1.165, 1.54) is 0 Å². The van der Waals surface area contributed by atoms with Crippen molar-refractivity contribution in [2.75, 3.05) is 6.61 Å². The van der Waals surface area contributed by atoms with Gasteiger partial charge in [0.05, 0.1) is 6.61 Å². The molecule has 1 atom stereocenters. The number of ether oxygens (including phenoxy) is 2. The minimum absolute atomic E-state index is 0.0728. The van der Waals surface area contributed by atoms with Crippen LogP contribution < -0.4 is 0 Å². The summed E-state index contributed by atoms with van der Waals surface area (Å²) in [6.07, 6.45) is 1.96. The molecule has 0 radical (unpaired) electrons. The lowest BCUT2D eigenvalue weighted by Gasteiger charge is -2.16. The minimum Gasteiger partial charge on any atom is -0.394 e. The molecule has 3 heteroatoms. The molecule has 1 heterocycles. The second-order valence-corrected chi connectivity index (χ2v) is 3.86. The van der Waals surface area contributed by atoms with Gasteiger partial charge < -0.3 is 14.6 Å². The van der Waals surface area contributed by atoms with E-state index in [0.717, 1.165) is 12.8 Å². The molecule has 0 aromatic rings. The Labute approximate surface area is 66.3 Å². The van der Waals surface area contributed by atoms with Crippen molar-refractivity contribution in [1.82, 2.24) is 0 Å². The van der Waals surface area contributed by atoms with E-state index >= 15 is 0 Å². The van der Waals surface area contributed by atoms with Crippen molar-refractivity contribution in [2.24, 2.45) is 0 Å². The number of aliphatic hydroxyl groups excluding tert-OH is 1. The van der Waals surface area contributed by atoms with Crippen molar-refractivity contribution < 1.29 is 14.6 Å². The Morgan fingerprint density at radius 3 is 2.45 bits per heavy atom. The Kier molecular flexibility index (Phi) is 1.35. The van der Waals surface area contributed by atoms with Crippen LogP contribution in [0.2, 0.25) is 0 Å². The van der Waals surface area contributed by atoms with Gasteiger partial charge in [-0.2, -0.15) is 0 Å². The first-order valence-electron chi connectivity index (χ1n) is 4.07. The van der Waals surface area contributed by atoms with Gasteiger partial charge in [-0.25, -0.2) is 0 Å². The van der Waals surface area contributed by atoms with Crippen LogP contribution in [0, 0.1) is 0 Å². The average Bonchev–Trinajstić information content (AvgIpc) is 2.57. The fourth-order valence-electron chi connectivity index (χ4n) is 1.78. The highest BCUT2D eigenvalue weighted by Gasteiger charge is 2.60. The van der Waals surface area contributed by atoms with Gasteiger partial charge in [-0.1, -0.05) is 0 Å². The van der Waals surface area contributed by atoms with E-state index in [1.807, 2.05) is 13.8 Å². The normalized spacial score (nSPS) is 37.9. The van der Waals surface area contributed by atoms with Crippen LogP contribution in [0.5, 0.6) is 0 Å². The predicted molar refractivity (Wildman–Crippen MR) is 39.1 cm³/mol. The zero-order chi connectivity index (χ0) is 8.11. The molecule has 2 aliphatic rings. The van der Waals surface area contributed by atoms with Crippen molar-refractivity contribution in [3.8, 4) is 0 Å². The second kappa shape index (κ2) is 1.97. The van der Waals surface area contributed by atoms with E-state index in [9.17, 15) is 0 Å². The Hall–Kier alpha value is -0.120. The van der Waals surface area contributed by atoms with Gasteiger partial charge in [0.25, 0.3) is 0 Å². The molecule has 11 heavy (non-hydrogen) atoms. The summed E-state index contributed by atoms with van der Waals surface area (Å²) >= 11 is 0. The van der Waals surface area contributed by atoms with Crippen molar-refractivity contribution in [2.45, 2.75) is 44.2 Å². The van der Waals surface area contributed by atoms with Crippen LogP contribution in [0.3, 0.4) is 0 Å². The third-order valence-electron chi connectivity index (χ3n) is 2.37. The molecule has 2 fully saturated rings. The topological polar surface area (TPSA) is 38.7 Å². The standard InChI is InChI=1S/C8H14O3/c1-7(2)10-6(5-9)8(11-7)3-4-8/h6,9H,3-5H2,1-2H3. The monoisotopic (exact) mass is 158 g/mol. The smallest absolute Gasteiger partial charge is 0.164 e. The highest BCUT2D eigenvalue weighted by atomic mass is 16.8. The molecule has 1 saturated carbocycles. The zero-order valence-electron chi connectivity index (χ0n) is 6.96. The summed E-state index contributed by atoms with van der Waals surface area (Å²) in [4.78, 5) is 0. The van der Waals surface area contributed by atoms with Gasteiger partial charge in [0.15, 0.2) is 5.79 Å². The van der Waals surface area contributed by atoms with E-state index in [-0.39, 0.29) is 18.3 Å². The summed E-state index contributed by atoms with van der Waals surface area (Å²) in [6.45, 7) is 3.86. The van der Waals surface area contributed by atoms with Crippen LogP contribution in [0.1, 0.15) is 26.7 Å². The Morgan fingerprint density at radius 2 is 2.09 bits per heavy atom. The maximum Gasteiger partial charge on any atom is 0.164 e. The van der Waals surface area contributed by atoms with Crippen molar-refractivity contribution in [3.05, 3.63) is 0 Å². The van der Waals surface area contributed by atoms with Crippen LogP contribution in [-0.2, 0) is 9.47 Å². The van der Waals surface area contributed by atoms with Crippen LogP contribution in [0.15, 0.2) is 0 Å². The van der Waals surface area contributed by atoms with E-state index in [1.54, 1.807) is 0 Å². The summed E-state index contributed by atoms with van der Waals surface area (Å²) in [5, 5.41) is 8.97. The van der Waals surface area contributed by atoms with Gasteiger partial charge in [-0.15, -0.1) is 0 Å². The molecule has 0 bridgehead atoms. The van der Waals surface area contributed by atoms with E-state index in [0.29, 0.717) is 0 Å². The van der Waals surface area contributed by atoms with Gasteiger partial charge in [0, 0.05) is 0 Å². The number of rotatable bonds is 1. The molecular weight excluding hydrogens is 144 g/mol. The molecule has 0 aromatic carbocycles. The van der Waals surface area contributed by atoms with Crippen LogP contribution >= 0.6 is 0 Å². The largest absolute Gasteiger partial charge is 0.394 e. The summed E-state index contributed by atoms with van der Waals surface area (Å²) in [5.41, 5.74) is -0.127. The van der Waals surface area contributed by atoms with Gasteiger partial charge in [0.2, 0.25) is 0 Å². The Balaban J connectivity index is 2.12. The highest BCUT2D eigenvalue weighted by Crippen LogP contribution is 2.52. The summed E-state index contributed by atoms with van der Waals surface area (Å²) < 4.78 is 11.2. The maximum absolute atomic E-state index is 8.97. The summed E-state index contributed by atoms with van der Waals surface area (Å²) in [6, 6.07) is 0. The maximum atomic E-state index is 8.97. The molecule has 1 saturated heterocycles. The van der Waals surface area contributed by atoms with E-state index < -0.39 is 5.79 Å². The molecule has 1 N–H and O–H groups in total. The first kappa shape index (κ1) is 7.53. The minimum atomic E-state index is -0.496. The number of aliphatic hydroxyl groups is 1. The third kappa shape index (κ3) is 1.08. The summed E-state index contributed by atoms with van der Waals surface area (Å²) in [7, 11) is 0. The molecule has 1 aliphatic heterocycles. The van der Waals surface area contributed by atoms with Gasteiger partial charge in [-0.3, -0.25) is 0 Å². The van der Waals surface area contributed by atoms with Gasteiger partial charge >= 0.3 is 0 Å². The lowest BCUT2D eigenvalue weighted by molar-refractivity contribution is -0.151. The number of hydrogen-bond donors (Lipinski definition) is 1. The van der Waals surface area contributed by atoms with E-state index in [2.05, 4.69) is 0 Å². The molecular formula is C8H14O3. The average molecular weight is 158 g/mol. The Bertz CT molecular complexity index is 172. The first-order valence-corrected chi connectivity index (χ1v) is 4.07. The second-order valence-electron chi connectivity index (χ2n) is 3.86. The summed E-state index contributed by atoms with van der Waals surface area (Å²) in [5.74, 6) is -0.496. The first-order chi connectivity index (χ1) is 5.08. The Morgan fingerprint density at radius 1 is 1.45 bits per heavy atom. The van der Waals surface area contributed by atoms with Gasteiger partial charge in [0.1, 0.15) is 11.7 Å².